The fourth-order valence-electron chi connectivity index (χ4n) is 4.41. The molecule has 1 fully saturated rings. The van der Waals surface area contributed by atoms with Gasteiger partial charge in [-0.1, -0.05) is 60.5 Å². The summed E-state index contributed by atoms with van der Waals surface area (Å²) in [5.74, 6) is -1.92. The number of halogens is 1. The van der Waals surface area contributed by atoms with Crippen LogP contribution in [0.15, 0.2) is 72.3 Å². The maximum atomic E-state index is 13.4. The number of ether oxygens (including phenoxy) is 2. The van der Waals surface area contributed by atoms with Crippen LogP contribution in [-0.2, 0) is 20.9 Å². The lowest BCUT2D eigenvalue weighted by atomic mass is 9.94. The highest BCUT2D eigenvalue weighted by Gasteiger charge is 2.46. The second-order valence-corrected chi connectivity index (χ2v) is 9.43. The minimum absolute atomic E-state index is 0.0597. The third kappa shape index (κ3) is 5.43. The Hall–Kier alpha value is -4.10. The maximum absolute atomic E-state index is 13.4. The molecule has 1 unspecified atom stereocenters. The van der Waals surface area contributed by atoms with E-state index in [-0.39, 0.29) is 28.5 Å². The lowest BCUT2D eigenvalue weighted by Gasteiger charge is -2.26. The number of Topliss-reactive ketones (excluding diaryl/α,β-unsaturated/α-hetero) is 1. The molecule has 8 heteroatoms. The molecule has 1 amide bonds. The molecule has 3 aromatic rings. The molecule has 0 spiro atoms. The Morgan fingerprint density at radius 2 is 1.79 bits per heavy atom. The Balaban J connectivity index is 1.77. The molecular formula is C30H28ClNO6. The van der Waals surface area contributed by atoms with Gasteiger partial charge in [-0.25, -0.2) is 4.79 Å². The van der Waals surface area contributed by atoms with Gasteiger partial charge in [-0.05, 0) is 54.8 Å². The van der Waals surface area contributed by atoms with Gasteiger partial charge in [0.2, 0.25) is 0 Å². The fourth-order valence-corrected chi connectivity index (χ4v) is 4.62. The number of aliphatic hydroxyl groups is 1. The molecule has 4 rings (SSSR count). The number of likely N-dealkylation sites (tertiary alicyclic amines) is 1. The molecule has 1 heterocycles. The molecule has 196 valence electrons. The number of hydrogen-bond acceptors (Lipinski definition) is 6. The van der Waals surface area contributed by atoms with Gasteiger partial charge in [0.15, 0.2) is 0 Å². The van der Waals surface area contributed by atoms with Gasteiger partial charge >= 0.3 is 5.97 Å². The van der Waals surface area contributed by atoms with E-state index in [9.17, 15) is 19.5 Å². The van der Waals surface area contributed by atoms with E-state index >= 15 is 0 Å². The van der Waals surface area contributed by atoms with Crippen LogP contribution in [0.3, 0.4) is 0 Å². The predicted molar refractivity (Wildman–Crippen MR) is 144 cm³/mol. The van der Waals surface area contributed by atoms with Gasteiger partial charge in [0.1, 0.15) is 11.5 Å². The summed E-state index contributed by atoms with van der Waals surface area (Å²) in [6, 6.07) is 18.0. The van der Waals surface area contributed by atoms with E-state index in [1.54, 1.807) is 36.4 Å². The highest BCUT2D eigenvalue weighted by molar-refractivity contribution is 6.47. The number of esters is 1. The number of methoxy groups -OCH3 is 1. The molecule has 1 N–H and O–H groups in total. The number of hydrogen-bond donors (Lipinski definition) is 1. The summed E-state index contributed by atoms with van der Waals surface area (Å²) in [4.78, 5) is 40.3. The van der Waals surface area contributed by atoms with Crippen LogP contribution in [0, 0.1) is 6.92 Å². The van der Waals surface area contributed by atoms with E-state index in [0.717, 1.165) is 12.0 Å². The number of ketones is 1. The molecule has 0 aliphatic carbocycles. The van der Waals surface area contributed by atoms with Gasteiger partial charge in [-0.2, -0.15) is 0 Å². The van der Waals surface area contributed by atoms with Gasteiger partial charge in [-0.3, -0.25) is 9.59 Å². The van der Waals surface area contributed by atoms with E-state index in [1.165, 1.54) is 18.1 Å². The third-order valence-electron chi connectivity index (χ3n) is 6.31. The van der Waals surface area contributed by atoms with Crippen molar-refractivity contribution < 1.29 is 29.0 Å². The normalized spacial score (nSPS) is 16.5. The summed E-state index contributed by atoms with van der Waals surface area (Å²) in [5, 5.41) is 11.6. The van der Waals surface area contributed by atoms with E-state index < -0.39 is 23.7 Å². The first-order valence-corrected chi connectivity index (χ1v) is 12.6. The first-order valence-electron chi connectivity index (χ1n) is 12.2. The Bertz CT molecular complexity index is 1410. The van der Waals surface area contributed by atoms with Crippen LogP contribution in [0.4, 0.5) is 0 Å². The lowest BCUT2D eigenvalue weighted by Crippen LogP contribution is -2.29. The zero-order valence-electron chi connectivity index (χ0n) is 21.4. The molecule has 0 aromatic heterocycles. The first-order chi connectivity index (χ1) is 18.2. The largest absolute Gasteiger partial charge is 0.507 e. The monoisotopic (exact) mass is 533 g/mol. The van der Waals surface area contributed by atoms with Crippen LogP contribution in [-0.4, -0.2) is 41.4 Å². The van der Waals surface area contributed by atoms with Crippen LogP contribution < -0.4 is 4.74 Å². The molecule has 38 heavy (non-hydrogen) atoms. The topological polar surface area (TPSA) is 93.1 Å². The molecule has 1 saturated heterocycles. The average Bonchev–Trinajstić information content (AvgIpc) is 3.17. The van der Waals surface area contributed by atoms with Crippen LogP contribution in [0.1, 0.15) is 52.0 Å². The molecular weight excluding hydrogens is 506 g/mol. The SMILES string of the molecule is CCCOC(=O)c1ccc(CN2C(=O)C(=O)/C(=C(/O)c3cc(OC)ccc3Cl)C2c2cccc(C)c2)cc1. The molecule has 7 nitrogen and oxygen atoms in total. The molecule has 0 radical (unpaired) electrons. The Labute approximate surface area is 226 Å². The van der Waals surface area contributed by atoms with Gasteiger partial charge in [0.25, 0.3) is 11.7 Å². The van der Waals surface area contributed by atoms with Crippen molar-refractivity contribution >= 4 is 35.0 Å². The summed E-state index contributed by atoms with van der Waals surface area (Å²) in [7, 11) is 1.48. The zero-order chi connectivity index (χ0) is 27.4. The lowest BCUT2D eigenvalue weighted by molar-refractivity contribution is -0.140. The van der Waals surface area contributed by atoms with E-state index in [1.807, 2.05) is 38.1 Å². The third-order valence-corrected chi connectivity index (χ3v) is 6.64. The number of carbonyl (C=O) groups excluding carboxylic acids is 3. The first kappa shape index (κ1) is 26.9. The molecule has 1 aliphatic heterocycles. The minimum Gasteiger partial charge on any atom is -0.507 e. The highest BCUT2D eigenvalue weighted by Crippen LogP contribution is 2.42. The van der Waals surface area contributed by atoms with Crippen LogP contribution in [0.25, 0.3) is 5.76 Å². The second-order valence-electron chi connectivity index (χ2n) is 9.02. The van der Waals surface area contributed by atoms with Crippen molar-refractivity contribution in [3.8, 4) is 5.75 Å². The number of nitrogens with zero attached hydrogens (tertiary/aromatic N) is 1. The van der Waals surface area contributed by atoms with Crippen LogP contribution in [0.5, 0.6) is 5.75 Å². The number of aliphatic hydroxyl groups excluding tert-OH is 1. The zero-order valence-corrected chi connectivity index (χ0v) is 22.1. The summed E-state index contributed by atoms with van der Waals surface area (Å²) in [6.45, 7) is 4.23. The van der Waals surface area contributed by atoms with Crippen molar-refractivity contribution in [1.82, 2.24) is 4.90 Å². The number of carbonyl (C=O) groups is 3. The van der Waals surface area contributed by atoms with Crippen molar-refractivity contribution in [2.24, 2.45) is 0 Å². The van der Waals surface area contributed by atoms with E-state index in [2.05, 4.69) is 0 Å². The van der Waals surface area contributed by atoms with Crippen molar-refractivity contribution in [2.75, 3.05) is 13.7 Å². The van der Waals surface area contributed by atoms with E-state index in [4.69, 9.17) is 21.1 Å². The highest BCUT2D eigenvalue weighted by atomic mass is 35.5. The maximum Gasteiger partial charge on any atom is 0.338 e. The Morgan fingerprint density at radius 1 is 1.05 bits per heavy atom. The summed E-state index contributed by atoms with van der Waals surface area (Å²) >= 11 is 6.37. The van der Waals surface area contributed by atoms with Crippen LogP contribution in [0.2, 0.25) is 5.02 Å². The smallest absolute Gasteiger partial charge is 0.338 e. The quantitative estimate of drug-likeness (QED) is 0.169. The number of rotatable bonds is 8. The molecule has 1 aliphatic rings. The van der Waals surface area contributed by atoms with Gasteiger partial charge in [0.05, 0.1) is 35.9 Å². The van der Waals surface area contributed by atoms with Gasteiger partial charge in [0, 0.05) is 12.1 Å². The predicted octanol–water partition coefficient (Wildman–Crippen LogP) is 5.85. The standard InChI is InChI=1S/C30H28ClNO6/c1-4-14-38-30(36)20-10-8-19(9-11-20)17-32-26(21-7-5-6-18(2)15-21)25(28(34)29(32)35)27(33)23-16-22(37-3)12-13-24(23)31/h5-13,15-16,26,33H,4,14,17H2,1-3H3/b27-25+. The minimum atomic E-state index is -0.855. The van der Waals surface area contributed by atoms with Crippen molar-refractivity contribution in [2.45, 2.75) is 32.9 Å². The van der Waals surface area contributed by atoms with Gasteiger partial charge < -0.3 is 19.5 Å². The van der Waals surface area contributed by atoms with Crippen molar-refractivity contribution in [3.05, 3.63) is 105 Å². The van der Waals surface area contributed by atoms with Crippen LogP contribution >= 0.6 is 11.6 Å². The summed E-state index contributed by atoms with van der Waals surface area (Å²) in [6.07, 6.45) is 0.721. The molecule has 1 atom stereocenters. The fraction of sp³-hybridized carbons (Fsp3) is 0.233. The Kier molecular flexibility index (Phi) is 8.17. The van der Waals surface area contributed by atoms with Crippen molar-refractivity contribution in [3.63, 3.8) is 0 Å². The second kappa shape index (κ2) is 11.5. The summed E-state index contributed by atoms with van der Waals surface area (Å²) < 4.78 is 10.4. The molecule has 0 saturated carbocycles. The molecule has 3 aromatic carbocycles. The summed E-state index contributed by atoms with van der Waals surface area (Å²) in [5.41, 5.74) is 2.84. The number of aryl methyl sites for hydroxylation is 1. The average molecular weight is 534 g/mol. The van der Waals surface area contributed by atoms with E-state index in [0.29, 0.717) is 29.0 Å². The molecule has 0 bridgehead atoms. The van der Waals surface area contributed by atoms with Gasteiger partial charge in [-0.15, -0.1) is 0 Å². The number of benzene rings is 3. The Morgan fingerprint density at radius 3 is 2.45 bits per heavy atom. The van der Waals surface area contributed by atoms with Crippen molar-refractivity contribution in [1.29, 1.82) is 0 Å². The number of amides is 1.